The van der Waals surface area contributed by atoms with Gasteiger partial charge in [0.15, 0.2) is 0 Å². The van der Waals surface area contributed by atoms with E-state index in [1.165, 1.54) is 10.9 Å². The Morgan fingerprint density at radius 2 is 1.72 bits per heavy atom. The number of hydrogen-bond donors (Lipinski definition) is 1. The third kappa shape index (κ3) is 1.84. The molecule has 0 aliphatic carbocycles. The monoisotopic (exact) mass is 254 g/mol. The van der Waals surface area contributed by atoms with Crippen LogP contribution in [0.5, 0.6) is 0 Å². The van der Waals surface area contributed by atoms with Crippen LogP contribution in [-0.2, 0) is 0 Å². The lowest BCUT2D eigenvalue weighted by molar-refractivity contribution is 0.226. The number of thiophene rings is 1. The highest BCUT2D eigenvalue weighted by Crippen LogP contribution is 2.32. The van der Waals surface area contributed by atoms with E-state index in [4.69, 9.17) is 0 Å². The zero-order valence-corrected chi connectivity index (χ0v) is 10.9. The molecule has 90 valence electrons. The van der Waals surface area contributed by atoms with Crippen LogP contribution in [-0.4, -0.2) is 5.11 Å². The Kier molecular flexibility index (Phi) is 2.90. The molecule has 0 radical (unpaired) electrons. The quantitative estimate of drug-likeness (QED) is 0.723. The molecule has 3 aromatic rings. The SMILES string of the molecule is Cc1cccc2c(C(O)c3cccs3)cccc12. The number of hydrogen-bond acceptors (Lipinski definition) is 2. The maximum Gasteiger partial charge on any atom is 0.114 e. The van der Waals surface area contributed by atoms with Crippen LogP contribution in [0.2, 0.25) is 0 Å². The van der Waals surface area contributed by atoms with E-state index in [-0.39, 0.29) is 0 Å². The highest BCUT2D eigenvalue weighted by atomic mass is 32.1. The zero-order chi connectivity index (χ0) is 12.5. The average molecular weight is 254 g/mol. The molecule has 1 heterocycles. The van der Waals surface area contributed by atoms with Crippen LogP contribution in [0.25, 0.3) is 10.8 Å². The predicted octanol–water partition coefficient (Wildman–Crippen LogP) is 4.29. The van der Waals surface area contributed by atoms with E-state index in [1.807, 2.05) is 35.7 Å². The van der Waals surface area contributed by atoms with Crippen LogP contribution in [0.15, 0.2) is 53.9 Å². The fourth-order valence-electron chi connectivity index (χ4n) is 2.33. The van der Waals surface area contributed by atoms with Crippen LogP contribution in [0.3, 0.4) is 0 Å². The summed E-state index contributed by atoms with van der Waals surface area (Å²) in [6.45, 7) is 2.10. The van der Waals surface area contributed by atoms with Gasteiger partial charge in [-0.3, -0.25) is 0 Å². The van der Waals surface area contributed by atoms with Crippen molar-refractivity contribution >= 4 is 22.1 Å². The first kappa shape index (κ1) is 11.5. The minimum atomic E-state index is -0.532. The molecule has 1 aromatic heterocycles. The van der Waals surface area contributed by atoms with E-state index in [1.54, 1.807) is 11.3 Å². The minimum absolute atomic E-state index is 0.532. The summed E-state index contributed by atoms with van der Waals surface area (Å²) in [5, 5.41) is 14.8. The van der Waals surface area contributed by atoms with Crippen molar-refractivity contribution in [3.63, 3.8) is 0 Å². The fraction of sp³-hybridized carbons (Fsp3) is 0.125. The van der Waals surface area contributed by atoms with Crippen molar-refractivity contribution in [2.24, 2.45) is 0 Å². The number of fused-ring (bicyclic) bond motifs is 1. The summed E-state index contributed by atoms with van der Waals surface area (Å²) in [5.74, 6) is 0. The van der Waals surface area contributed by atoms with Gasteiger partial charge in [0.25, 0.3) is 0 Å². The summed E-state index contributed by atoms with van der Waals surface area (Å²) >= 11 is 1.59. The van der Waals surface area contributed by atoms with E-state index in [2.05, 4.69) is 25.1 Å². The first-order valence-electron chi connectivity index (χ1n) is 5.97. The van der Waals surface area contributed by atoms with Gasteiger partial charge in [0.2, 0.25) is 0 Å². The molecule has 18 heavy (non-hydrogen) atoms. The van der Waals surface area contributed by atoms with Gasteiger partial charge >= 0.3 is 0 Å². The molecule has 3 rings (SSSR count). The van der Waals surface area contributed by atoms with Crippen LogP contribution >= 0.6 is 11.3 Å². The summed E-state index contributed by atoms with van der Waals surface area (Å²) in [7, 11) is 0. The lowest BCUT2D eigenvalue weighted by Crippen LogP contribution is -1.98. The number of aliphatic hydroxyl groups excluding tert-OH is 1. The molecule has 1 N–H and O–H groups in total. The Labute approximate surface area is 110 Å². The molecule has 0 saturated heterocycles. The Hall–Kier alpha value is -1.64. The largest absolute Gasteiger partial charge is 0.383 e. The molecule has 1 nitrogen and oxygen atoms in total. The molecule has 0 fully saturated rings. The number of rotatable bonds is 2. The van der Waals surface area contributed by atoms with Crippen molar-refractivity contribution in [3.8, 4) is 0 Å². The molecule has 1 atom stereocenters. The fourth-order valence-corrected chi connectivity index (χ4v) is 3.06. The van der Waals surface area contributed by atoms with Gasteiger partial charge in [0, 0.05) is 4.88 Å². The van der Waals surface area contributed by atoms with Crippen molar-refractivity contribution in [3.05, 3.63) is 69.9 Å². The van der Waals surface area contributed by atoms with E-state index in [0.717, 1.165) is 15.8 Å². The molecule has 2 heteroatoms. The maximum absolute atomic E-state index is 10.5. The van der Waals surface area contributed by atoms with E-state index in [0.29, 0.717) is 0 Å². The van der Waals surface area contributed by atoms with E-state index in [9.17, 15) is 5.11 Å². The van der Waals surface area contributed by atoms with Gasteiger partial charge in [-0.15, -0.1) is 11.3 Å². The van der Waals surface area contributed by atoms with Gasteiger partial charge in [-0.1, -0.05) is 42.5 Å². The van der Waals surface area contributed by atoms with Crippen LogP contribution < -0.4 is 0 Å². The van der Waals surface area contributed by atoms with Crippen LogP contribution in [0.1, 0.15) is 22.1 Å². The molecule has 0 bridgehead atoms. The van der Waals surface area contributed by atoms with E-state index >= 15 is 0 Å². The summed E-state index contributed by atoms with van der Waals surface area (Å²) in [6, 6.07) is 16.3. The lowest BCUT2D eigenvalue weighted by Gasteiger charge is -2.13. The Bertz CT molecular complexity index is 671. The van der Waals surface area contributed by atoms with Crippen LogP contribution in [0, 0.1) is 6.92 Å². The molecule has 0 spiro atoms. The van der Waals surface area contributed by atoms with Crippen molar-refractivity contribution in [2.75, 3.05) is 0 Å². The highest BCUT2D eigenvalue weighted by molar-refractivity contribution is 7.10. The number of aryl methyl sites for hydroxylation is 1. The van der Waals surface area contributed by atoms with Gasteiger partial charge in [-0.2, -0.15) is 0 Å². The van der Waals surface area contributed by atoms with Crippen molar-refractivity contribution < 1.29 is 5.11 Å². The highest BCUT2D eigenvalue weighted by Gasteiger charge is 2.14. The molecule has 2 aromatic carbocycles. The third-order valence-corrected chi connectivity index (χ3v) is 4.21. The number of aliphatic hydroxyl groups is 1. The van der Waals surface area contributed by atoms with Crippen LogP contribution in [0.4, 0.5) is 0 Å². The first-order valence-corrected chi connectivity index (χ1v) is 6.85. The van der Waals surface area contributed by atoms with Gasteiger partial charge in [-0.25, -0.2) is 0 Å². The number of benzene rings is 2. The molecule has 0 amide bonds. The normalized spacial score (nSPS) is 12.8. The summed E-state index contributed by atoms with van der Waals surface area (Å²) in [5.41, 5.74) is 2.23. The molecular formula is C16H14OS. The molecule has 0 aliphatic heterocycles. The maximum atomic E-state index is 10.5. The van der Waals surface area contributed by atoms with Crippen molar-refractivity contribution in [1.82, 2.24) is 0 Å². The minimum Gasteiger partial charge on any atom is -0.383 e. The second-order valence-corrected chi connectivity index (χ2v) is 5.41. The van der Waals surface area contributed by atoms with Crippen molar-refractivity contribution in [1.29, 1.82) is 0 Å². The average Bonchev–Trinajstić information content (AvgIpc) is 2.92. The second-order valence-electron chi connectivity index (χ2n) is 4.44. The van der Waals surface area contributed by atoms with E-state index < -0.39 is 6.10 Å². The summed E-state index contributed by atoms with van der Waals surface area (Å²) < 4.78 is 0. The lowest BCUT2D eigenvalue weighted by atomic mass is 9.97. The molecule has 1 unspecified atom stereocenters. The van der Waals surface area contributed by atoms with Gasteiger partial charge < -0.3 is 5.11 Å². The second kappa shape index (κ2) is 4.56. The Balaban J connectivity index is 2.21. The van der Waals surface area contributed by atoms with Gasteiger partial charge in [0.1, 0.15) is 6.10 Å². The summed E-state index contributed by atoms with van der Waals surface area (Å²) in [4.78, 5) is 0.990. The van der Waals surface area contributed by atoms with Crippen molar-refractivity contribution in [2.45, 2.75) is 13.0 Å². The topological polar surface area (TPSA) is 20.2 Å². The summed E-state index contributed by atoms with van der Waals surface area (Å²) in [6.07, 6.45) is -0.532. The zero-order valence-electron chi connectivity index (χ0n) is 10.1. The molecule has 0 aliphatic rings. The standard InChI is InChI=1S/C16H14OS/c1-11-5-2-7-13-12(11)6-3-8-14(13)16(17)15-9-4-10-18-15/h2-10,16-17H,1H3. The Morgan fingerprint density at radius 1 is 0.944 bits per heavy atom. The Morgan fingerprint density at radius 3 is 2.50 bits per heavy atom. The predicted molar refractivity (Wildman–Crippen MR) is 77.1 cm³/mol. The third-order valence-electron chi connectivity index (χ3n) is 3.28. The van der Waals surface area contributed by atoms with Gasteiger partial charge in [-0.05, 0) is 40.3 Å². The van der Waals surface area contributed by atoms with Gasteiger partial charge in [0.05, 0.1) is 0 Å². The first-order chi connectivity index (χ1) is 8.77. The smallest absolute Gasteiger partial charge is 0.114 e. The molecular weight excluding hydrogens is 240 g/mol. The molecule has 0 saturated carbocycles.